The molecule has 0 aliphatic rings. The van der Waals surface area contributed by atoms with Gasteiger partial charge in [0.1, 0.15) is 5.82 Å². The molecule has 0 aromatic heterocycles. The third-order valence-electron chi connectivity index (χ3n) is 3.45. The summed E-state index contributed by atoms with van der Waals surface area (Å²) in [6, 6.07) is 14.8. The summed E-state index contributed by atoms with van der Waals surface area (Å²) in [5.74, 6) is -0.738. The molecule has 0 bridgehead atoms. The van der Waals surface area contributed by atoms with Crippen molar-refractivity contribution in [2.75, 3.05) is 30.4 Å². The van der Waals surface area contributed by atoms with Crippen molar-refractivity contribution in [3.8, 4) is 0 Å². The Kier molecular flexibility index (Phi) is 7.23. The second kappa shape index (κ2) is 9.67. The van der Waals surface area contributed by atoms with Crippen LogP contribution < -0.4 is 10.6 Å². The number of rotatable bonds is 9. The Labute approximate surface area is 142 Å². The van der Waals surface area contributed by atoms with Crippen LogP contribution in [0.25, 0.3) is 0 Å². The molecular formula is C19H23FN2O2. The molecular weight excluding hydrogens is 307 g/mol. The topological polar surface area (TPSA) is 50.4 Å². The molecule has 1 amide bonds. The predicted molar refractivity (Wildman–Crippen MR) is 94.8 cm³/mol. The maximum atomic E-state index is 13.5. The molecule has 0 unspecified atom stereocenters. The van der Waals surface area contributed by atoms with Crippen LogP contribution in [-0.4, -0.2) is 25.7 Å². The Hall–Kier alpha value is -2.40. The zero-order valence-electron chi connectivity index (χ0n) is 13.8. The van der Waals surface area contributed by atoms with E-state index in [-0.39, 0.29) is 11.6 Å². The van der Waals surface area contributed by atoms with E-state index in [0.717, 1.165) is 25.1 Å². The van der Waals surface area contributed by atoms with Crippen LogP contribution in [-0.2, 0) is 16.0 Å². The van der Waals surface area contributed by atoms with E-state index < -0.39 is 5.82 Å². The van der Waals surface area contributed by atoms with Crippen LogP contribution in [0.15, 0.2) is 48.5 Å². The van der Waals surface area contributed by atoms with E-state index in [4.69, 9.17) is 4.74 Å². The minimum atomic E-state index is -0.444. The fourth-order valence-electron chi connectivity index (χ4n) is 2.26. The van der Waals surface area contributed by atoms with Gasteiger partial charge >= 0.3 is 0 Å². The van der Waals surface area contributed by atoms with Crippen LogP contribution in [0.4, 0.5) is 15.8 Å². The van der Waals surface area contributed by atoms with Gasteiger partial charge in [-0.15, -0.1) is 0 Å². The maximum Gasteiger partial charge on any atom is 0.221 e. The molecule has 2 aromatic carbocycles. The number of hydrogen-bond donors (Lipinski definition) is 2. The lowest BCUT2D eigenvalue weighted by Crippen LogP contribution is -2.10. The summed E-state index contributed by atoms with van der Waals surface area (Å²) >= 11 is 0. The van der Waals surface area contributed by atoms with Gasteiger partial charge in [0.15, 0.2) is 0 Å². The zero-order valence-corrected chi connectivity index (χ0v) is 13.8. The minimum Gasteiger partial charge on any atom is -0.385 e. The van der Waals surface area contributed by atoms with Gasteiger partial charge in [0.05, 0.1) is 12.3 Å². The predicted octanol–water partition coefficient (Wildman–Crippen LogP) is 3.85. The van der Waals surface area contributed by atoms with E-state index >= 15 is 0 Å². The van der Waals surface area contributed by atoms with Crippen molar-refractivity contribution < 1.29 is 13.9 Å². The molecule has 0 aliphatic heterocycles. The summed E-state index contributed by atoms with van der Waals surface area (Å²) in [6.07, 6.45) is 1.76. The maximum absolute atomic E-state index is 13.5. The van der Waals surface area contributed by atoms with Gasteiger partial charge in [-0.05, 0) is 36.6 Å². The van der Waals surface area contributed by atoms with Crippen LogP contribution in [0.1, 0.15) is 18.9 Å². The molecule has 0 heterocycles. The Bertz CT molecular complexity index is 647. The van der Waals surface area contributed by atoms with Gasteiger partial charge in [-0.3, -0.25) is 4.79 Å². The van der Waals surface area contributed by atoms with E-state index in [1.54, 1.807) is 12.1 Å². The summed E-state index contributed by atoms with van der Waals surface area (Å²) in [7, 11) is 0. The number of amides is 1. The quantitative estimate of drug-likeness (QED) is 0.687. The van der Waals surface area contributed by atoms with E-state index in [1.807, 2.05) is 18.2 Å². The number of carbonyl (C=O) groups excluding carboxylic acids is 1. The summed E-state index contributed by atoms with van der Waals surface area (Å²) < 4.78 is 19.1. The summed E-state index contributed by atoms with van der Waals surface area (Å²) in [4.78, 5) is 11.0. The lowest BCUT2D eigenvalue weighted by molar-refractivity contribution is -0.114. The number of carbonyl (C=O) groups is 1. The number of ether oxygens (including phenoxy) is 1. The fraction of sp³-hybridized carbons (Fsp3) is 0.316. The van der Waals surface area contributed by atoms with Crippen molar-refractivity contribution in [1.82, 2.24) is 0 Å². The molecule has 0 saturated heterocycles. The Balaban J connectivity index is 1.63. The first-order chi connectivity index (χ1) is 11.6. The number of anilines is 2. The van der Waals surface area contributed by atoms with Gasteiger partial charge in [0.25, 0.3) is 0 Å². The third kappa shape index (κ3) is 6.38. The molecule has 0 aliphatic carbocycles. The lowest BCUT2D eigenvalue weighted by Gasteiger charge is -2.10. The van der Waals surface area contributed by atoms with Crippen LogP contribution >= 0.6 is 0 Å². The van der Waals surface area contributed by atoms with Crippen molar-refractivity contribution in [1.29, 1.82) is 0 Å². The SMILES string of the molecule is CC(=O)Nc1cc(NCCCOCCc2ccccc2)ccc1F. The highest BCUT2D eigenvalue weighted by Gasteiger charge is 2.04. The van der Waals surface area contributed by atoms with Gasteiger partial charge in [-0.2, -0.15) is 0 Å². The van der Waals surface area contributed by atoms with Gasteiger partial charge in [-0.1, -0.05) is 30.3 Å². The van der Waals surface area contributed by atoms with Crippen molar-refractivity contribution in [3.63, 3.8) is 0 Å². The first-order valence-corrected chi connectivity index (χ1v) is 8.08. The largest absolute Gasteiger partial charge is 0.385 e. The number of halogens is 1. The lowest BCUT2D eigenvalue weighted by atomic mass is 10.2. The molecule has 0 fully saturated rings. The minimum absolute atomic E-state index is 0.187. The van der Waals surface area contributed by atoms with Crippen molar-refractivity contribution in [2.45, 2.75) is 19.8 Å². The van der Waals surface area contributed by atoms with Crippen molar-refractivity contribution >= 4 is 17.3 Å². The highest BCUT2D eigenvalue weighted by Crippen LogP contribution is 2.19. The highest BCUT2D eigenvalue weighted by molar-refractivity contribution is 5.89. The average Bonchev–Trinajstić information content (AvgIpc) is 2.57. The van der Waals surface area contributed by atoms with Crippen LogP contribution in [0.2, 0.25) is 0 Å². The average molecular weight is 330 g/mol. The smallest absolute Gasteiger partial charge is 0.221 e. The third-order valence-corrected chi connectivity index (χ3v) is 3.45. The standard InChI is InChI=1S/C19H23FN2O2/c1-15(23)22-19-14-17(8-9-18(19)20)21-11-5-12-24-13-10-16-6-3-2-4-7-16/h2-4,6-9,14,21H,5,10-13H2,1H3,(H,22,23). The first-order valence-electron chi connectivity index (χ1n) is 8.08. The molecule has 2 rings (SSSR count). The molecule has 0 saturated carbocycles. The summed E-state index contributed by atoms with van der Waals surface area (Å²) in [5, 5.41) is 5.66. The van der Waals surface area contributed by atoms with Crippen LogP contribution in [0.3, 0.4) is 0 Å². The van der Waals surface area contributed by atoms with Gasteiger partial charge in [0, 0.05) is 25.8 Å². The highest BCUT2D eigenvalue weighted by atomic mass is 19.1. The molecule has 24 heavy (non-hydrogen) atoms. The summed E-state index contributed by atoms with van der Waals surface area (Å²) in [6.45, 7) is 3.44. The van der Waals surface area contributed by atoms with Gasteiger partial charge in [-0.25, -0.2) is 4.39 Å². The normalized spacial score (nSPS) is 10.4. The molecule has 0 spiro atoms. The number of benzene rings is 2. The van der Waals surface area contributed by atoms with E-state index in [1.165, 1.54) is 18.6 Å². The Morgan fingerprint density at radius 3 is 2.67 bits per heavy atom. The molecule has 0 atom stereocenters. The van der Waals surface area contributed by atoms with Gasteiger partial charge < -0.3 is 15.4 Å². The van der Waals surface area contributed by atoms with E-state index in [0.29, 0.717) is 13.2 Å². The van der Waals surface area contributed by atoms with Crippen LogP contribution in [0.5, 0.6) is 0 Å². The fourth-order valence-corrected chi connectivity index (χ4v) is 2.26. The molecule has 128 valence electrons. The number of hydrogen-bond acceptors (Lipinski definition) is 3. The summed E-state index contributed by atoms with van der Waals surface area (Å²) in [5.41, 5.74) is 2.23. The van der Waals surface area contributed by atoms with Gasteiger partial charge in [0.2, 0.25) is 5.91 Å². The Morgan fingerprint density at radius 2 is 1.92 bits per heavy atom. The molecule has 0 radical (unpaired) electrons. The second-order valence-corrected chi connectivity index (χ2v) is 5.50. The van der Waals surface area contributed by atoms with Crippen LogP contribution in [0, 0.1) is 5.82 Å². The molecule has 4 nitrogen and oxygen atoms in total. The molecule has 5 heteroatoms. The van der Waals surface area contributed by atoms with E-state index in [9.17, 15) is 9.18 Å². The molecule has 2 N–H and O–H groups in total. The van der Waals surface area contributed by atoms with E-state index in [2.05, 4.69) is 22.8 Å². The van der Waals surface area contributed by atoms with Crippen molar-refractivity contribution in [2.24, 2.45) is 0 Å². The second-order valence-electron chi connectivity index (χ2n) is 5.50. The first kappa shape index (κ1) is 17.9. The monoisotopic (exact) mass is 330 g/mol. The van der Waals surface area contributed by atoms with Crippen molar-refractivity contribution in [3.05, 3.63) is 59.9 Å². The zero-order chi connectivity index (χ0) is 17.2. The number of nitrogens with one attached hydrogen (secondary N) is 2. The Morgan fingerprint density at radius 1 is 1.12 bits per heavy atom. The molecule has 2 aromatic rings.